The van der Waals surface area contributed by atoms with Gasteiger partial charge in [-0.2, -0.15) is 0 Å². The molecule has 2 N–H and O–H groups in total. The molecule has 0 unspecified atom stereocenters. The summed E-state index contributed by atoms with van der Waals surface area (Å²) in [6.45, 7) is 2.28. The first-order valence-electron chi connectivity index (χ1n) is 7.67. The Hall–Kier alpha value is -2.25. The van der Waals surface area contributed by atoms with Crippen molar-refractivity contribution in [2.45, 2.75) is 19.4 Å². The van der Waals surface area contributed by atoms with Gasteiger partial charge in [-0.25, -0.2) is 4.98 Å². The van der Waals surface area contributed by atoms with Crippen molar-refractivity contribution in [1.29, 1.82) is 0 Å². The number of aromatic nitrogens is 1. The number of hydrogen-bond donors (Lipinski definition) is 2. The van der Waals surface area contributed by atoms with E-state index in [-0.39, 0.29) is 30.8 Å². The van der Waals surface area contributed by atoms with Crippen LogP contribution in [0.5, 0.6) is 0 Å². The van der Waals surface area contributed by atoms with Gasteiger partial charge in [0.15, 0.2) is 5.13 Å². The molecule has 128 valence electrons. The predicted molar refractivity (Wildman–Crippen MR) is 96.0 cm³/mol. The lowest BCUT2D eigenvalue weighted by molar-refractivity contribution is -0.125. The van der Waals surface area contributed by atoms with E-state index >= 15 is 0 Å². The molecule has 0 fully saturated rings. The van der Waals surface area contributed by atoms with Crippen LogP contribution in [0.2, 0.25) is 0 Å². The van der Waals surface area contributed by atoms with E-state index in [1.807, 2.05) is 50.2 Å². The number of nitrogens with one attached hydrogen (secondary N) is 2. The third-order valence-electron chi connectivity index (χ3n) is 3.45. The molecule has 0 aliphatic carbocycles. The minimum absolute atomic E-state index is 0.118. The summed E-state index contributed by atoms with van der Waals surface area (Å²) in [5, 5.41) is 7.89. The first-order chi connectivity index (χ1) is 11.5. The summed E-state index contributed by atoms with van der Waals surface area (Å²) in [6.07, 6.45) is 1.84. The summed E-state index contributed by atoms with van der Waals surface area (Å²) >= 11 is 1.36. The molecule has 0 radical (unpaired) electrons. The molecule has 2 amide bonds. The zero-order chi connectivity index (χ0) is 17.5. The average Bonchev–Trinajstić information content (AvgIpc) is 3.00. The number of nitrogens with zero attached hydrogens (tertiary/aromatic N) is 2. The van der Waals surface area contributed by atoms with Gasteiger partial charge in [0.05, 0.1) is 0 Å². The fraction of sp³-hybridized carbons (Fsp3) is 0.353. The van der Waals surface area contributed by atoms with Crippen molar-refractivity contribution in [3.8, 4) is 0 Å². The fourth-order valence-electron chi connectivity index (χ4n) is 2.39. The van der Waals surface area contributed by atoms with Gasteiger partial charge in [0.2, 0.25) is 11.8 Å². The van der Waals surface area contributed by atoms with Crippen molar-refractivity contribution in [1.82, 2.24) is 15.2 Å². The summed E-state index contributed by atoms with van der Waals surface area (Å²) in [6, 6.07) is 7.49. The first-order valence-corrected chi connectivity index (χ1v) is 8.55. The van der Waals surface area contributed by atoms with Crippen molar-refractivity contribution < 1.29 is 9.59 Å². The number of anilines is 1. The smallest absolute Gasteiger partial charge is 0.241 e. The van der Waals surface area contributed by atoms with Crippen LogP contribution in [0.1, 0.15) is 23.6 Å². The molecule has 0 spiro atoms. The molecule has 1 atom stereocenters. The van der Waals surface area contributed by atoms with Crippen LogP contribution < -0.4 is 10.6 Å². The quantitative estimate of drug-likeness (QED) is 0.806. The predicted octanol–water partition coefficient (Wildman–Crippen LogP) is 2.20. The van der Waals surface area contributed by atoms with Crippen LogP contribution in [0.25, 0.3) is 0 Å². The Morgan fingerprint density at radius 3 is 2.75 bits per heavy atom. The monoisotopic (exact) mass is 346 g/mol. The fourth-order valence-corrected chi connectivity index (χ4v) is 2.93. The zero-order valence-corrected chi connectivity index (χ0v) is 14.9. The van der Waals surface area contributed by atoms with Gasteiger partial charge in [0.1, 0.15) is 6.04 Å². The molecule has 1 aromatic heterocycles. The van der Waals surface area contributed by atoms with Crippen LogP contribution in [0, 0.1) is 6.92 Å². The van der Waals surface area contributed by atoms with E-state index in [9.17, 15) is 9.59 Å². The maximum Gasteiger partial charge on any atom is 0.241 e. The van der Waals surface area contributed by atoms with Gasteiger partial charge < -0.3 is 10.6 Å². The Morgan fingerprint density at radius 1 is 1.33 bits per heavy atom. The Kier molecular flexibility index (Phi) is 6.45. The number of aryl methyl sites for hydroxylation is 1. The van der Waals surface area contributed by atoms with Gasteiger partial charge in [-0.05, 0) is 26.6 Å². The summed E-state index contributed by atoms with van der Waals surface area (Å²) < 4.78 is 0. The van der Waals surface area contributed by atoms with E-state index in [2.05, 4.69) is 15.6 Å². The van der Waals surface area contributed by atoms with E-state index < -0.39 is 0 Å². The van der Waals surface area contributed by atoms with E-state index in [1.54, 1.807) is 11.6 Å². The third-order valence-corrected chi connectivity index (χ3v) is 4.14. The molecule has 2 rings (SSSR count). The molecule has 24 heavy (non-hydrogen) atoms. The van der Waals surface area contributed by atoms with Crippen LogP contribution in [0.15, 0.2) is 35.8 Å². The van der Waals surface area contributed by atoms with Gasteiger partial charge in [0, 0.05) is 24.5 Å². The van der Waals surface area contributed by atoms with Gasteiger partial charge in [-0.1, -0.05) is 29.8 Å². The minimum atomic E-state index is -0.382. The van der Waals surface area contributed by atoms with Gasteiger partial charge >= 0.3 is 0 Å². The standard InChI is InChI=1S/C17H22N4O2S/c1-12-5-4-6-13(11-12)15(21(2)3)16(23)18-8-7-14(22)20-17-19-9-10-24-17/h4-6,9-11,15H,7-8H2,1-3H3,(H,18,23)(H,19,20,22)/t15-/m0/s1. The Morgan fingerprint density at radius 2 is 2.12 bits per heavy atom. The molecular formula is C17H22N4O2S. The average molecular weight is 346 g/mol. The molecule has 7 heteroatoms. The number of benzene rings is 1. The summed E-state index contributed by atoms with van der Waals surface area (Å²) in [5.74, 6) is -0.283. The van der Waals surface area contributed by atoms with Crippen LogP contribution in [-0.2, 0) is 9.59 Å². The topological polar surface area (TPSA) is 74.3 Å². The number of rotatable bonds is 7. The number of amides is 2. The lowest BCUT2D eigenvalue weighted by atomic mass is 10.0. The zero-order valence-electron chi connectivity index (χ0n) is 14.1. The van der Waals surface area contributed by atoms with Crippen LogP contribution in [-0.4, -0.2) is 42.3 Å². The van der Waals surface area contributed by atoms with Crippen molar-refractivity contribution in [2.24, 2.45) is 0 Å². The van der Waals surface area contributed by atoms with Gasteiger partial charge in [-0.15, -0.1) is 11.3 Å². The van der Waals surface area contributed by atoms with E-state index in [0.717, 1.165) is 11.1 Å². The maximum absolute atomic E-state index is 12.5. The second-order valence-electron chi connectivity index (χ2n) is 5.71. The number of hydrogen-bond acceptors (Lipinski definition) is 5. The molecule has 0 saturated heterocycles. The normalized spacial score (nSPS) is 12.0. The molecule has 1 heterocycles. The summed E-state index contributed by atoms with van der Waals surface area (Å²) in [4.78, 5) is 30.2. The van der Waals surface area contributed by atoms with E-state index in [4.69, 9.17) is 0 Å². The van der Waals surface area contributed by atoms with Crippen molar-refractivity contribution in [3.63, 3.8) is 0 Å². The lowest BCUT2D eigenvalue weighted by Crippen LogP contribution is -2.38. The van der Waals surface area contributed by atoms with Crippen LogP contribution >= 0.6 is 11.3 Å². The number of carbonyl (C=O) groups is 2. The van der Waals surface area contributed by atoms with Crippen molar-refractivity contribution >= 4 is 28.3 Å². The number of thiazole rings is 1. The second kappa shape index (κ2) is 8.56. The molecule has 0 bridgehead atoms. The molecule has 0 aliphatic heterocycles. The van der Waals surface area contributed by atoms with Crippen LogP contribution in [0.3, 0.4) is 0 Å². The molecular weight excluding hydrogens is 324 g/mol. The Bertz CT molecular complexity index is 686. The Balaban J connectivity index is 1.88. The summed E-state index contributed by atoms with van der Waals surface area (Å²) in [5.41, 5.74) is 2.04. The molecule has 1 aromatic carbocycles. The number of carbonyl (C=O) groups excluding carboxylic acids is 2. The van der Waals surface area contributed by atoms with Crippen LogP contribution in [0.4, 0.5) is 5.13 Å². The summed E-state index contributed by atoms with van der Waals surface area (Å²) in [7, 11) is 3.73. The van der Waals surface area contributed by atoms with Gasteiger partial charge in [0.25, 0.3) is 0 Å². The molecule has 2 aromatic rings. The Labute approximate surface area is 145 Å². The molecule has 0 aliphatic rings. The SMILES string of the molecule is Cc1cccc([C@@H](C(=O)NCCC(=O)Nc2nccs2)N(C)C)c1. The largest absolute Gasteiger partial charge is 0.354 e. The highest BCUT2D eigenvalue weighted by atomic mass is 32.1. The molecule has 0 saturated carbocycles. The third kappa shape index (κ3) is 5.14. The highest BCUT2D eigenvalue weighted by Crippen LogP contribution is 2.19. The van der Waals surface area contributed by atoms with Gasteiger partial charge in [-0.3, -0.25) is 14.5 Å². The highest BCUT2D eigenvalue weighted by molar-refractivity contribution is 7.13. The lowest BCUT2D eigenvalue weighted by Gasteiger charge is -2.24. The van der Waals surface area contributed by atoms with E-state index in [1.165, 1.54) is 11.3 Å². The first kappa shape index (κ1) is 18.1. The highest BCUT2D eigenvalue weighted by Gasteiger charge is 2.22. The van der Waals surface area contributed by atoms with Crippen molar-refractivity contribution in [2.75, 3.05) is 26.0 Å². The number of likely N-dealkylation sites (N-methyl/N-ethyl adjacent to an activating group) is 1. The molecule has 6 nitrogen and oxygen atoms in total. The minimum Gasteiger partial charge on any atom is -0.354 e. The van der Waals surface area contributed by atoms with E-state index in [0.29, 0.717) is 5.13 Å². The van der Waals surface area contributed by atoms with Crippen molar-refractivity contribution in [3.05, 3.63) is 47.0 Å². The second-order valence-corrected chi connectivity index (χ2v) is 6.60. The maximum atomic E-state index is 12.5.